The Labute approximate surface area is 161 Å². The van der Waals surface area contributed by atoms with Gasteiger partial charge in [0.25, 0.3) is 0 Å². The quantitative estimate of drug-likeness (QED) is 0.844. The van der Waals surface area contributed by atoms with Crippen molar-refractivity contribution in [2.45, 2.75) is 38.3 Å². The number of benzene rings is 1. The van der Waals surface area contributed by atoms with Crippen LogP contribution in [0.5, 0.6) is 0 Å². The van der Waals surface area contributed by atoms with E-state index in [0.29, 0.717) is 5.41 Å². The predicted octanol–water partition coefficient (Wildman–Crippen LogP) is 1.59. The highest BCUT2D eigenvalue weighted by molar-refractivity contribution is 5.82. The van der Waals surface area contributed by atoms with Gasteiger partial charge in [-0.3, -0.25) is 9.69 Å². The molecule has 0 unspecified atom stereocenters. The van der Waals surface area contributed by atoms with Gasteiger partial charge >= 0.3 is 0 Å². The molecule has 0 aliphatic carbocycles. The van der Waals surface area contributed by atoms with Gasteiger partial charge in [0.1, 0.15) is 5.82 Å². The van der Waals surface area contributed by atoms with Crippen molar-refractivity contribution in [2.24, 2.45) is 5.41 Å². The van der Waals surface area contributed by atoms with Crippen molar-refractivity contribution in [3.63, 3.8) is 0 Å². The summed E-state index contributed by atoms with van der Waals surface area (Å²) in [6.07, 6.45) is 4.34. The van der Waals surface area contributed by atoms with Gasteiger partial charge in [-0.2, -0.15) is 0 Å². The van der Waals surface area contributed by atoms with Gasteiger partial charge in [-0.1, -0.05) is 12.1 Å². The van der Waals surface area contributed by atoms with E-state index in [1.807, 2.05) is 12.1 Å². The van der Waals surface area contributed by atoms with Crippen LogP contribution in [0.2, 0.25) is 0 Å². The van der Waals surface area contributed by atoms with Crippen LogP contribution < -0.4 is 10.6 Å². The number of nitrogens with zero attached hydrogens (tertiary/aromatic N) is 2. The van der Waals surface area contributed by atoms with Gasteiger partial charge in [0.2, 0.25) is 5.91 Å². The van der Waals surface area contributed by atoms with Gasteiger partial charge in [-0.15, -0.1) is 0 Å². The Hall–Kier alpha value is -1.50. The summed E-state index contributed by atoms with van der Waals surface area (Å²) in [4.78, 5) is 17.5. The second-order valence-corrected chi connectivity index (χ2v) is 8.47. The highest BCUT2D eigenvalue weighted by Gasteiger charge is 2.43. The number of piperidine rings is 1. The first kappa shape index (κ1) is 18.8. The number of hydrogen-bond donors (Lipinski definition) is 2. The second kappa shape index (κ2) is 8.25. The van der Waals surface area contributed by atoms with Crippen molar-refractivity contribution in [1.29, 1.82) is 0 Å². The molecule has 27 heavy (non-hydrogen) atoms. The summed E-state index contributed by atoms with van der Waals surface area (Å²) in [6, 6.07) is 6.73. The maximum Gasteiger partial charge on any atom is 0.239 e. The summed E-state index contributed by atoms with van der Waals surface area (Å²) in [7, 11) is 0. The molecular formula is C21H31FN4O. The van der Waals surface area contributed by atoms with E-state index in [1.54, 1.807) is 0 Å². The second-order valence-electron chi connectivity index (χ2n) is 8.47. The summed E-state index contributed by atoms with van der Waals surface area (Å²) < 4.78 is 13.1. The molecule has 1 spiro atoms. The molecule has 0 saturated carbocycles. The van der Waals surface area contributed by atoms with Crippen LogP contribution in [-0.2, 0) is 11.3 Å². The van der Waals surface area contributed by atoms with Crippen molar-refractivity contribution < 1.29 is 9.18 Å². The Morgan fingerprint density at radius 1 is 1.11 bits per heavy atom. The number of carbonyl (C=O) groups excluding carboxylic acids is 1. The summed E-state index contributed by atoms with van der Waals surface area (Å²) in [6.45, 7) is 7.43. The number of amides is 1. The summed E-state index contributed by atoms with van der Waals surface area (Å²) in [5.74, 6) is 0.0935. The van der Waals surface area contributed by atoms with Crippen LogP contribution in [0.1, 0.15) is 31.2 Å². The van der Waals surface area contributed by atoms with Crippen LogP contribution >= 0.6 is 0 Å². The molecule has 1 aromatic carbocycles. The zero-order valence-corrected chi connectivity index (χ0v) is 16.1. The van der Waals surface area contributed by atoms with Crippen molar-refractivity contribution in [3.05, 3.63) is 35.6 Å². The van der Waals surface area contributed by atoms with E-state index in [9.17, 15) is 9.18 Å². The summed E-state index contributed by atoms with van der Waals surface area (Å²) in [5, 5.41) is 6.95. The molecule has 3 heterocycles. The Morgan fingerprint density at radius 3 is 2.67 bits per heavy atom. The van der Waals surface area contributed by atoms with Gasteiger partial charge in [0.05, 0.1) is 6.04 Å². The van der Waals surface area contributed by atoms with E-state index in [-0.39, 0.29) is 17.8 Å². The van der Waals surface area contributed by atoms with Gasteiger partial charge in [-0.05, 0) is 61.9 Å². The molecule has 0 bridgehead atoms. The number of halogens is 1. The molecule has 4 rings (SSSR count). The molecule has 148 valence electrons. The summed E-state index contributed by atoms with van der Waals surface area (Å²) in [5.41, 5.74) is 1.45. The first-order valence-corrected chi connectivity index (χ1v) is 10.3. The van der Waals surface area contributed by atoms with Crippen molar-refractivity contribution in [2.75, 3.05) is 45.8 Å². The normalized spacial score (nSPS) is 26.3. The first-order valence-electron chi connectivity index (χ1n) is 10.3. The fourth-order valence-corrected chi connectivity index (χ4v) is 4.85. The lowest BCUT2D eigenvalue weighted by atomic mass is 9.77. The molecule has 2 N–H and O–H groups in total. The van der Waals surface area contributed by atoms with Crippen molar-refractivity contribution in [1.82, 2.24) is 20.4 Å². The Bertz CT molecular complexity index is 644. The van der Waals surface area contributed by atoms with Crippen LogP contribution in [0.4, 0.5) is 4.39 Å². The van der Waals surface area contributed by atoms with Gasteiger partial charge in [-0.25, -0.2) is 4.39 Å². The molecule has 5 nitrogen and oxygen atoms in total. The van der Waals surface area contributed by atoms with Gasteiger partial charge in [0, 0.05) is 39.3 Å². The smallest absolute Gasteiger partial charge is 0.239 e. The maximum atomic E-state index is 13.1. The standard InChI is InChI=1S/C21H31FN4O/c22-18-4-2-17(3-5-18)15-25-10-1-11-26(13-12-25)20(27)19-14-21(16-24-19)6-8-23-9-7-21/h2-5,19,23-24H,1,6-16H2/t19-/m0/s1. The largest absolute Gasteiger partial charge is 0.340 e. The Balaban J connectivity index is 1.30. The summed E-state index contributed by atoms with van der Waals surface area (Å²) >= 11 is 0. The van der Waals surface area contributed by atoms with E-state index in [1.165, 1.54) is 25.0 Å². The molecule has 3 saturated heterocycles. The van der Waals surface area contributed by atoms with Crippen LogP contribution in [0, 0.1) is 11.2 Å². The Morgan fingerprint density at radius 2 is 1.89 bits per heavy atom. The minimum atomic E-state index is -0.193. The average molecular weight is 375 g/mol. The van der Waals surface area contributed by atoms with E-state index in [4.69, 9.17) is 0 Å². The molecule has 1 atom stereocenters. The fraction of sp³-hybridized carbons (Fsp3) is 0.667. The van der Waals surface area contributed by atoms with Crippen LogP contribution in [0.15, 0.2) is 24.3 Å². The number of hydrogen-bond acceptors (Lipinski definition) is 4. The number of carbonyl (C=O) groups is 1. The fourth-order valence-electron chi connectivity index (χ4n) is 4.85. The molecule has 0 aromatic heterocycles. The molecule has 1 amide bonds. The van der Waals surface area contributed by atoms with Crippen LogP contribution in [-0.4, -0.2) is 67.6 Å². The molecule has 6 heteroatoms. The minimum absolute atomic E-state index is 0.00764. The number of nitrogens with one attached hydrogen (secondary N) is 2. The Kier molecular flexibility index (Phi) is 5.76. The van der Waals surface area contributed by atoms with Crippen LogP contribution in [0.3, 0.4) is 0 Å². The van der Waals surface area contributed by atoms with E-state index in [0.717, 1.165) is 70.8 Å². The highest BCUT2D eigenvalue weighted by Crippen LogP contribution is 2.37. The molecule has 3 fully saturated rings. The lowest BCUT2D eigenvalue weighted by Gasteiger charge is -2.33. The predicted molar refractivity (Wildman–Crippen MR) is 104 cm³/mol. The lowest BCUT2D eigenvalue weighted by molar-refractivity contribution is -0.133. The highest BCUT2D eigenvalue weighted by atomic mass is 19.1. The monoisotopic (exact) mass is 374 g/mol. The minimum Gasteiger partial charge on any atom is -0.340 e. The van der Waals surface area contributed by atoms with Gasteiger partial charge < -0.3 is 15.5 Å². The van der Waals surface area contributed by atoms with E-state index in [2.05, 4.69) is 20.4 Å². The first-order chi connectivity index (χ1) is 13.1. The molecule has 0 radical (unpaired) electrons. The zero-order chi connectivity index (χ0) is 18.7. The maximum absolute atomic E-state index is 13.1. The third-order valence-electron chi connectivity index (χ3n) is 6.54. The molecule has 3 aliphatic heterocycles. The van der Waals surface area contributed by atoms with E-state index >= 15 is 0 Å². The topological polar surface area (TPSA) is 47.6 Å². The SMILES string of the molecule is O=C([C@@H]1CC2(CCNCC2)CN1)N1CCCN(Cc2ccc(F)cc2)CC1. The van der Waals surface area contributed by atoms with Crippen molar-refractivity contribution >= 4 is 5.91 Å². The van der Waals surface area contributed by atoms with Crippen LogP contribution in [0.25, 0.3) is 0 Å². The van der Waals surface area contributed by atoms with Crippen molar-refractivity contribution in [3.8, 4) is 0 Å². The number of rotatable bonds is 3. The molecule has 1 aromatic rings. The average Bonchev–Trinajstić information content (AvgIpc) is 2.94. The third-order valence-corrected chi connectivity index (χ3v) is 6.54. The molecule has 3 aliphatic rings. The van der Waals surface area contributed by atoms with Gasteiger partial charge in [0.15, 0.2) is 0 Å². The lowest BCUT2D eigenvalue weighted by Crippen LogP contribution is -2.45. The van der Waals surface area contributed by atoms with E-state index < -0.39 is 0 Å². The zero-order valence-electron chi connectivity index (χ0n) is 16.1. The third kappa shape index (κ3) is 4.50. The molecular weight excluding hydrogens is 343 g/mol.